The molecule has 0 aromatic carbocycles. The molecule has 0 radical (unpaired) electrons. The van der Waals surface area contributed by atoms with E-state index in [0.29, 0.717) is 5.70 Å². The van der Waals surface area contributed by atoms with Crippen molar-refractivity contribution in [1.29, 1.82) is 0 Å². The van der Waals surface area contributed by atoms with E-state index in [1.54, 1.807) is 13.0 Å². The molecule has 0 unspecified atom stereocenters. The number of ketones is 1. The first kappa shape index (κ1) is 14.8. The van der Waals surface area contributed by atoms with Gasteiger partial charge in [0.15, 0.2) is 5.78 Å². The Bertz CT molecular complexity index is 287. The van der Waals surface area contributed by atoms with Crippen molar-refractivity contribution >= 4 is 12.0 Å². The van der Waals surface area contributed by atoms with Gasteiger partial charge in [0.1, 0.15) is 5.70 Å². The molecule has 0 fully saturated rings. The van der Waals surface area contributed by atoms with Crippen LogP contribution >= 0.6 is 0 Å². The molecule has 90 valence electrons. The van der Waals surface area contributed by atoms with Gasteiger partial charge in [0.25, 0.3) is 0 Å². The molecule has 0 aliphatic rings. The molecule has 0 saturated carbocycles. The number of unbranched alkanes of at least 4 members (excludes halogenated alkanes) is 2. The zero-order valence-corrected chi connectivity index (χ0v) is 10.8. The molecule has 0 atom stereocenters. The van der Waals surface area contributed by atoms with E-state index in [-0.39, 0.29) is 5.78 Å². The van der Waals surface area contributed by atoms with Gasteiger partial charge in [-0.05, 0) is 25.3 Å². The summed E-state index contributed by atoms with van der Waals surface area (Å²) in [6.45, 7) is 9.68. The molecule has 0 heterocycles. The Morgan fingerprint density at radius 3 is 2.50 bits per heavy atom. The molecular weight excluding hydrogens is 198 g/mol. The van der Waals surface area contributed by atoms with Crippen LogP contribution in [0.25, 0.3) is 0 Å². The third-order valence-corrected chi connectivity index (χ3v) is 2.19. The second-order valence-corrected chi connectivity index (χ2v) is 3.95. The molecule has 2 heteroatoms. The Labute approximate surface area is 99.2 Å². The number of nitrogens with zero attached hydrogens (tertiary/aromatic N) is 1. The lowest BCUT2D eigenvalue weighted by Crippen LogP contribution is -1.95. The quantitative estimate of drug-likeness (QED) is 0.263. The fourth-order valence-corrected chi connectivity index (χ4v) is 1.27. The van der Waals surface area contributed by atoms with Crippen LogP contribution in [0.4, 0.5) is 0 Å². The molecule has 0 aliphatic carbocycles. The Balaban J connectivity index is 4.43. The van der Waals surface area contributed by atoms with Gasteiger partial charge in [0.2, 0.25) is 0 Å². The molecule has 0 bridgehead atoms. The highest BCUT2D eigenvalue weighted by Gasteiger charge is 2.01. The van der Waals surface area contributed by atoms with Crippen LogP contribution in [0.3, 0.4) is 0 Å². The van der Waals surface area contributed by atoms with E-state index in [0.717, 1.165) is 37.7 Å². The van der Waals surface area contributed by atoms with Crippen LogP contribution in [0.15, 0.2) is 28.9 Å². The number of carbonyl (C=O) groups excluding carboxylic acids is 1. The lowest BCUT2D eigenvalue weighted by Gasteiger charge is -1.99. The standard InChI is InChI=1S/C14H23NO/c1-5-7-8-10-15-14(13(4)16)11-12(3)9-6-2/h10-11H,3,5-9H2,1-2,4H3/b14-11-,15-10?. The maximum atomic E-state index is 11.3. The van der Waals surface area contributed by atoms with Gasteiger partial charge in [-0.3, -0.25) is 9.79 Å². The van der Waals surface area contributed by atoms with Crippen LogP contribution in [0.1, 0.15) is 52.9 Å². The maximum Gasteiger partial charge on any atom is 0.178 e. The SMILES string of the molecule is C=C(/C=C(\N=CCCCC)C(C)=O)CCC. The Morgan fingerprint density at radius 2 is 2.00 bits per heavy atom. The summed E-state index contributed by atoms with van der Waals surface area (Å²) in [6.07, 6.45) is 8.78. The number of allylic oxidation sites excluding steroid dienone is 3. The largest absolute Gasteiger partial charge is 0.293 e. The van der Waals surface area contributed by atoms with Gasteiger partial charge in [-0.1, -0.05) is 38.8 Å². The first-order chi connectivity index (χ1) is 7.61. The highest BCUT2D eigenvalue weighted by Crippen LogP contribution is 2.09. The number of aliphatic imine (C=N–C) groups is 1. The van der Waals surface area contributed by atoms with Crippen molar-refractivity contribution in [1.82, 2.24) is 0 Å². The van der Waals surface area contributed by atoms with Gasteiger partial charge < -0.3 is 0 Å². The van der Waals surface area contributed by atoms with E-state index in [4.69, 9.17) is 0 Å². The predicted molar refractivity (Wildman–Crippen MR) is 70.8 cm³/mol. The molecular formula is C14H23NO. The van der Waals surface area contributed by atoms with Crippen molar-refractivity contribution in [3.05, 3.63) is 23.9 Å². The van der Waals surface area contributed by atoms with Crippen LogP contribution in [-0.2, 0) is 4.79 Å². The van der Waals surface area contributed by atoms with Crippen molar-refractivity contribution in [3.63, 3.8) is 0 Å². The summed E-state index contributed by atoms with van der Waals surface area (Å²) in [6, 6.07) is 0. The van der Waals surface area contributed by atoms with Gasteiger partial charge in [-0.15, -0.1) is 0 Å². The average molecular weight is 221 g/mol. The number of hydrogen-bond donors (Lipinski definition) is 0. The second-order valence-electron chi connectivity index (χ2n) is 3.95. The lowest BCUT2D eigenvalue weighted by molar-refractivity contribution is -0.113. The van der Waals surface area contributed by atoms with Crippen molar-refractivity contribution in [2.24, 2.45) is 4.99 Å². The molecule has 0 rings (SSSR count). The monoisotopic (exact) mass is 221 g/mol. The summed E-state index contributed by atoms with van der Waals surface area (Å²) < 4.78 is 0. The van der Waals surface area contributed by atoms with Gasteiger partial charge in [-0.25, -0.2) is 0 Å². The summed E-state index contributed by atoms with van der Waals surface area (Å²) >= 11 is 0. The Kier molecular flexibility index (Phi) is 8.41. The number of hydrogen-bond acceptors (Lipinski definition) is 2. The van der Waals surface area contributed by atoms with Crippen LogP contribution in [-0.4, -0.2) is 12.0 Å². The fourth-order valence-electron chi connectivity index (χ4n) is 1.27. The average Bonchev–Trinajstić information content (AvgIpc) is 2.22. The third kappa shape index (κ3) is 7.16. The second kappa shape index (κ2) is 9.08. The molecule has 0 aliphatic heterocycles. The number of Topliss-reactive ketones (excluding diaryl/α,β-unsaturated/α-hetero) is 1. The van der Waals surface area contributed by atoms with Gasteiger partial charge in [0.05, 0.1) is 0 Å². The van der Waals surface area contributed by atoms with Gasteiger partial charge >= 0.3 is 0 Å². The summed E-state index contributed by atoms with van der Waals surface area (Å²) in [7, 11) is 0. The van der Waals surface area contributed by atoms with E-state index < -0.39 is 0 Å². The number of carbonyl (C=O) groups is 1. The van der Waals surface area contributed by atoms with Gasteiger partial charge in [-0.2, -0.15) is 0 Å². The zero-order valence-electron chi connectivity index (χ0n) is 10.8. The van der Waals surface area contributed by atoms with Crippen molar-refractivity contribution in [2.45, 2.75) is 52.9 Å². The topological polar surface area (TPSA) is 29.4 Å². The lowest BCUT2D eigenvalue weighted by atomic mass is 10.1. The first-order valence-corrected chi connectivity index (χ1v) is 6.04. The molecule has 0 aromatic rings. The predicted octanol–water partition coefficient (Wildman–Crippen LogP) is 4.08. The summed E-state index contributed by atoms with van der Waals surface area (Å²) in [5.41, 5.74) is 1.50. The summed E-state index contributed by atoms with van der Waals surface area (Å²) in [5, 5.41) is 0. The van der Waals surface area contributed by atoms with Crippen LogP contribution in [0, 0.1) is 0 Å². The van der Waals surface area contributed by atoms with Crippen LogP contribution in [0.2, 0.25) is 0 Å². The summed E-state index contributed by atoms with van der Waals surface area (Å²) in [4.78, 5) is 15.5. The molecule has 0 N–H and O–H groups in total. The maximum absolute atomic E-state index is 11.3. The molecule has 0 amide bonds. The van der Waals surface area contributed by atoms with Crippen molar-refractivity contribution in [2.75, 3.05) is 0 Å². The molecule has 0 saturated heterocycles. The first-order valence-electron chi connectivity index (χ1n) is 6.04. The van der Waals surface area contributed by atoms with Crippen LogP contribution < -0.4 is 0 Å². The Morgan fingerprint density at radius 1 is 1.31 bits per heavy atom. The van der Waals surface area contributed by atoms with E-state index in [9.17, 15) is 4.79 Å². The van der Waals surface area contributed by atoms with Gasteiger partial charge in [0, 0.05) is 13.1 Å². The number of rotatable bonds is 8. The fraction of sp³-hybridized carbons (Fsp3) is 0.571. The van der Waals surface area contributed by atoms with E-state index in [1.807, 2.05) is 6.21 Å². The normalized spacial score (nSPS) is 12.1. The van der Waals surface area contributed by atoms with E-state index in [1.165, 1.54) is 0 Å². The van der Waals surface area contributed by atoms with E-state index in [2.05, 4.69) is 25.4 Å². The molecule has 0 aromatic heterocycles. The minimum atomic E-state index is 0.00463. The van der Waals surface area contributed by atoms with Crippen LogP contribution in [0.5, 0.6) is 0 Å². The van der Waals surface area contributed by atoms with Crippen molar-refractivity contribution in [3.8, 4) is 0 Å². The smallest absolute Gasteiger partial charge is 0.178 e. The molecule has 0 spiro atoms. The third-order valence-electron chi connectivity index (χ3n) is 2.19. The van der Waals surface area contributed by atoms with E-state index >= 15 is 0 Å². The minimum absolute atomic E-state index is 0.00463. The minimum Gasteiger partial charge on any atom is -0.293 e. The summed E-state index contributed by atoms with van der Waals surface area (Å²) in [5.74, 6) is 0.00463. The Hall–Kier alpha value is -1.18. The zero-order chi connectivity index (χ0) is 12.4. The highest BCUT2D eigenvalue weighted by molar-refractivity contribution is 5.94. The van der Waals surface area contributed by atoms with Crippen molar-refractivity contribution < 1.29 is 4.79 Å². The molecule has 16 heavy (non-hydrogen) atoms. The molecule has 2 nitrogen and oxygen atoms in total. The highest BCUT2D eigenvalue weighted by atomic mass is 16.1.